The van der Waals surface area contributed by atoms with E-state index in [1.807, 2.05) is 0 Å². The summed E-state index contributed by atoms with van der Waals surface area (Å²) in [4.78, 5) is 0. The Morgan fingerprint density at radius 2 is 0.500 bits per heavy atom. The predicted octanol–water partition coefficient (Wildman–Crippen LogP) is -1.37. The van der Waals surface area contributed by atoms with E-state index in [1.54, 1.807) is 0 Å². The number of hydrogen-bond acceptors (Lipinski definition) is 0. The van der Waals surface area contributed by atoms with Gasteiger partial charge >= 0.3 is 49.6 Å². The third-order valence-corrected chi connectivity index (χ3v) is 0. The molecule has 0 aromatic heterocycles. The Morgan fingerprint density at radius 1 is 0.500 bits per heavy atom. The molecule has 0 amide bonds. The quantitative estimate of drug-likeness (QED) is 0.514. The van der Waals surface area contributed by atoms with Crippen molar-refractivity contribution in [3.63, 3.8) is 0 Å². The van der Waals surface area contributed by atoms with Crippen LogP contribution < -0.4 is 0 Å². The summed E-state index contributed by atoms with van der Waals surface area (Å²) >= 11 is 0. The fourth-order valence-electron chi connectivity index (χ4n) is 0. The zero-order chi connectivity index (χ0) is 4.50. The first-order chi connectivity index (χ1) is 2.00. The van der Waals surface area contributed by atoms with Crippen molar-refractivity contribution in [2.75, 3.05) is 0 Å². The van der Waals surface area contributed by atoms with Gasteiger partial charge in [0.25, 0.3) is 0 Å². The van der Waals surface area contributed by atoms with Crippen LogP contribution in [0, 0.1) is 0 Å². The van der Waals surface area contributed by atoms with Crippen LogP contribution in [-0.2, 0) is 10.2 Å². The summed E-state index contributed by atoms with van der Waals surface area (Å²) in [5.74, 6) is 0. The van der Waals surface area contributed by atoms with Gasteiger partial charge in [0, 0.05) is 0 Å². The molecule has 10 N–H and O–H groups in total. The Hall–Kier alpha value is 1.54. The van der Waals surface area contributed by atoms with Crippen LogP contribution in [-0.4, -0.2) is 27.4 Å². The molecule has 0 aliphatic rings. The molecule has 5 nitrogen and oxygen atoms in total. The fraction of sp³-hybridized carbons (Fsp3) is 0. The number of hydrogen-bond donors (Lipinski definition) is 0. The van der Waals surface area contributed by atoms with E-state index in [1.165, 1.54) is 0 Å². The Balaban J connectivity index is -0.00000000800. The summed E-state index contributed by atoms with van der Waals surface area (Å²) in [6, 6.07) is 0. The summed E-state index contributed by atoms with van der Waals surface area (Å²) < 4.78 is 0. The van der Waals surface area contributed by atoms with Gasteiger partial charge in [0.05, 0.1) is 0 Å². The van der Waals surface area contributed by atoms with Crippen molar-refractivity contribution in [2.45, 2.75) is 0 Å². The van der Waals surface area contributed by atoms with Gasteiger partial charge in [-0.15, -0.1) is 0 Å². The first kappa shape index (κ1) is 41.8. The van der Waals surface area contributed by atoms with Crippen LogP contribution in [0.5, 0.6) is 0 Å². The minimum atomic E-state index is -2.99. The summed E-state index contributed by atoms with van der Waals surface area (Å²) in [5, 5.41) is 0. The second-order valence-electron chi connectivity index (χ2n) is 0.383. The number of halogens is 4. The molecule has 0 aromatic carbocycles. The first-order valence-electron chi connectivity index (χ1n) is 0.676. The molecule has 0 spiro atoms. The second kappa shape index (κ2) is 16.9. The first-order valence-corrected chi connectivity index (χ1v) is 8.36. The van der Waals surface area contributed by atoms with Gasteiger partial charge < -0.3 is 27.4 Å². The molecule has 0 aliphatic heterocycles. The van der Waals surface area contributed by atoms with Crippen molar-refractivity contribution in [3.8, 4) is 0 Å². The van der Waals surface area contributed by atoms with E-state index < -0.39 is 10.2 Å². The molecule has 10 heteroatoms. The van der Waals surface area contributed by atoms with Gasteiger partial charge in [0.2, 0.25) is 0 Å². The molecular weight excluding hydrogens is 273 g/mol. The van der Waals surface area contributed by atoms with Crippen LogP contribution in [0.3, 0.4) is 0 Å². The summed E-state index contributed by atoms with van der Waals surface area (Å²) in [6.45, 7) is 0. The zero-order valence-corrected chi connectivity index (χ0v) is 8.88. The molecule has 0 aromatic rings. The molecule has 0 saturated carbocycles. The van der Waals surface area contributed by atoms with E-state index in [-0.39, 0.29) is 27.4 Å². The molecule has 0 radical (unpaired) electrons. The van der Waals surface area contributed by atoms with E-state index in [9.17, 15) is 0 Å². The van der Waals surface area contributed by atoms with E-state index in [0.29, 0.717) is 0 Å². The molecule has 0 saturated heterocycles. The third kappa shape index (κ3) is 292. The maximum absolute atomic E-state index is 5.00. The van der Waals surface area contributed by atoms with Gasteiger partial charge in [-0.05, 0) is 0 Å². The van der Waals surface area contributed by atoms with Crippen molar-refractivity contribution in [3.05, 3.63) is 0 Å². The van der Waals surface area contributed by atoms with Crippen LogP contribution >= 0.6 is 39.4 Å². The molecule has 0 aliphatic carbocycles. The van der Waals surface area contributed by atoms with Crippen LogP contribution in [0.2, 0.25) is 0 Å². The van der Waals surface area contributed by atoms with Crippen LogP contribution in [0.4, 0.5) is 0 Å². The van der Waals surface area contributed by atoms with Crippen molar-refractivity contribution >= 4 is 39.4 Å². The Kier molecular flexibility index (Phi) is 70.5. The molecular formula is H10Cl4O5V. The average Bonchev–Trinajstić information content (AvgIpc) is 0.722. The van der Waals surface area contributed by atoms with Gasteiger partial charge in [-0.2, -0.15) is 0 Å². The third-order valence-electron chi connectivity index (χ3n) is 0. The van der Waals surface area contributed by atoms with Crippen molar-refractivity contribution in [1.29, 1.82) is 0 Å². The molecule has 10 heavy (non-hydrogen) atoms. The van der Waals surface area contributed by atoms with Crippen LogP contribution in [0.25, 0.3) is 0 Å². The van der Waals surface area contributed by atoms with E-state index in [4.69, 9.17) is 39.4 Å². The van der Waals surface area contributed by atoms with Crippen molar-refractivity contribution in [1.82, 2.24) is 0 Å². The SMILES string of the molecule is O.O.O.O.O.[Cl][V]([Cl])([Cl])[Cl]. The van der Waals surface area contributed by atoms with Gasteiger partial charge in [-0.3, -0.25) is 0 Å². The normalized spacial score (nSPS) is 6.00. The Labute approximate surface area is 76.8 Å². The van der Waals surface area contributed by atoms with Crippen LogP contribution in [0.1, 0.15) is 0 Å². The maximum atomic E-state index is 5.00. The molecule has 73 valence electrons. The molecule has 0 atom stereocenters. The predicted molar refractivity (Wildman–Crippen MR) is 41.5 cm³/mol. The monoisotopic (exact) mass is 281 g/mol. The van der Waals surface area contributed by atoms with Gasteiger partial charge in [-0.1, -0.05) is 0 Å². The molecule has 0 unspecified atom stereocenters. The molecule has 0 bridgehead atoms. The van der Waals surface area contributed by atoms with Crippen molar-refractivity contribution < 1.29 is 37.6 Å². The molecule has 0 rings (SSSR count). The molecule has 0 fully saturated rings. The van der Waals surface area contributed by atoms with E-state index in [0.717, 1.165) is 0 Å². The second-order valence-corrected chi connectivity index (χ2v) is 14.2. The van der Waals surface area contributed by atoms with Gasteiger partial charge in [0.1, 0.15) is 0 Å². The number of rotatable bonds is 0. The average molecular weight is 283 g/mol. The Bertz CT molecular complexity index is 29.1. The van der Waals surface area contributed by atoms with Crippen LogP contribution in [0.15, 0.2) is 0 Å². The fourth-order valence-corrected chi connectivity index (χ4v) is 0. The van der Waals surface area contributed by atoms with Crippen molar-refractivity contribution in [2.24, 2.45) is 0 Å². The standard InChI is InChI=1S/4ClH.5H2O.V/h4*1H;5*1H2;/q;;;;;;;;;+4/p-4. The van der Waals surface area contributed by atoms with Gasteiger partial charge in [-0.25, -0.2) is 0 Å². The minimum absolute atomic E-state index is 0. The van der Waals surface area contributed by atoms with Gasteiger partial charge in [0.15, 0.2) is 0 Å². The topological polar surface area (TPSA) is 158 Å². The molecule has 0 heterocycles. The van der Waals surface area contributed by atoms with E-state index >= 15 is 0 Å². The zero-order valence-electron chi connectivity index (χ0n) is 4.46. The Morgan fingerprint density at radius 3 is 0.500 bits per heavy atom. The summed E-state index contributed by atoms with van der Waals surface area (Å²) in [7, 11) is 17.0. The van der Waals surface area contributed by atoms with E-state index in [2.05, 4.69) is 0 Å². The summed E-state index contributed by atoms with van der Waals surface area (Å²) in [6.07, 6.45) is 0. The summed E-state index contributed by atoms with van der Waals surface area (Å²) in [5.41, 5.74) is 0.